The Labute approximate surface area is 94.5 Å². The molecule has 0 spiro atoms. The van der Waals surface area contributed by atoms with Crippen LogP contribution in [0.3, 0.4) is 0 Å². The van der Waals surface area contributed by atoms with Gasteiger partial charge in [0.2, 0.25) is 0 Å². The molecule has 17 heavy (non-hydrogen) atoms. The van der Waals surface area contributed by atoms with Gasteiger partial charge in [-0.05, 0) is 12.8 Å². The van der Waals surface area contributed by atoms with E-state index in [4.69, 9.17) is 10.2 Å². The molecule has 0 unspecified atom stereocenters. The lowest BCUT2D eigenvalue weighted by Gasteiger charge is -2.11. The van der Waals surface area contributed by atoms with Crippen LogP contribution in [0.25, 0.3) is 0 Å². The van der Waals surface area contributed by atoms with Gasteiger partial charge in [-0.2, -0.15) is 0 Å². The van der Waals surface area contributed by atoms with Gasteiger partial charge in [-0.15, -0.1) is 0 Å². The van der Waals surface area contributed by atoms with E-state index in [9.17, 15) is 19.5 Å². The Kier molecular flexibility index (Phi) is 2.38. The minimum absolute atomic E-state index is 0.0647. The number of hydrogen-bond acceptors (Lipinski definition) is 4. The van der Waals surface area contributed by atoms with E-state index < -0.39 is 34.9 Å². The highest BCUT2D eigenvalue weighted by molar-refractivity contribution is 5.92. The van der Waals surface area contributed by atoms with Gasteiger partial charge in [-0.3, -0.25) is 9.36 Å². The Morgan fingerprint density at radius 2 is 2.00 bits per heavy atom. The maximum absolute atomic E-state index is 11.6. The van der Waals surface area contributed by atoms with Gasteiger partial charge < -0.3 is 15.3 Å². The van der Waals surface area contributed by atoms with Crippen molar-refractivity contribution in [3.63, 3.8) is 0 Å². The molecule has 0 saturated heterocycles. The standard InChI is InChI=1S/C10H9NO6/c12-6-3-7(13)11-4(8(6)10(16)17)1-2-5(11)9(14)15/h3,5,12H,1-2H2,(H,14,15)(H,16,17)/t5-/m1/s1. The highest BCUT2D eigenvalue weighted by Gasteiger charge is 2.33. The molecule has 1 aliphatic rings. The van der Waals surface area contributed by atoms with E-state index in [2.05, 4.69) is 0 Å². The summed E-state index contributed by atoms with van der Waals surface area (Å²) in [6, 6.07) is -0.329. The smallest absolute Gasteiger partial charge is 0.341 e. The fourth-order valence-corrected chi connectivity index (χ4v) is 2.12. The Morgan fingerprint density at radius 1 is 1.35 bits per heavy atom. The lowest BCUT2D eigenvalue weighted by molar-refractivity contribution is -0.140. The third kappa shape index (κ3) is 1.55. The topological polar surface area (TPSA) is 117 Å². The summed E-state index contributed by atoms with van der Waals surface area (Å²) in [5.41, 5.74) is -1.03. The molecule has 0 bridgehead atoms. The molecule has 0 aromatic carbocycles. The third-order valence-corrected chi connectivity index (χ3v) is 2.80. The van der Waals surface area contributed by atoms with Crippen molar-refractivity contribution >= 4 is 11.9 Å². The number of carbonyl (C=O) groups is 2. The van der Waals surface area contributed by atoms with Crippen LogP contribution in [0.1, 0.15) is 28.5 Å². The SMILES string of the molecule is O=C(O)c1c(O)cc(=O)n2c1CC[C@@H]2C(=O)O. The van der Waals surface area contributed by atoms with Crippen LogP contribution >= 0.6 is 0 Å². The van der Waals surface area contributed by atoms with E-state index in [1.54, 1.807) is 0 Å². The second-order valence-corrected chi connectivity index (χ2v) is 3.76. The number of aromatic nitrogens is 1. The molecular weight excluding hydrogens is 230 g/mol. The lowest BCUT2D eigenvalue weighted by atomic mass is 10.1. The molecule has 0 amide bonds. The van der Waals surface area contributed by atoms with Crippen molar-refractivity contribution in [2.45, 2.75) is 18.9 Å². The summed E-state index contributed by atoms with van der Waals surface area (Å²) in [6.45, 7) is 0. The molecule has 7 heteroatoms. The Hall–Kier alpha value is -2.31. The van der Waals surface area contributed by atoms with Crippen LogP contribution in [0.4, 0.5) is 0 Å². The van der Waals surface area contributed by atoms with Gasteiger partial charge in [0, 0.05) is 11.8 Å². The number of carboxylic acid groups (broad SMARTS) is 2. The normalized spacial score (nSPS) is 17.8. The van der Waals surface area contributed by atoms with E-state index in [1.807, 2.05) is 0 Å². The van der Waals surface area contributed by atoms with E-state index in [0.29, 0.717) is 0 Å². The molecule has 1 atom stereocenters. The average molecular weight is 239 g/mol. The molecule has 0 aliphatic carbocycles. The molecule has 0 radical (unpaired) electrons. The van der Waals surface area contributed by atoms with Crippen LogP contribution in [0.15, 0.2) is 10.9 Å². The van der Waals surface area contributed by atoms with Crippen molar-refractivity contribution in [1.82, 2.24) is 4.57 Å². The monoisotopic (exact) mass is 239 g/mol. The minimum atomic E-state index is -1.38. The second-order valence-electron chi connectivity index (χ2n) is 3.76. The van der Waals surface area contributed by atoms with E-state index in [0.717, 1.165) is 10.6 Å². The zero-order valence-electron chi connectivity index (χ0n) is 8.58. The fourth-order valence-electron chi connectivity index (χ4n) is 2.12. The van der Waals surface area contributed by atoms with Gasteiger partial charge in [0.05, 0.1) is 0 Å². The molecule has 1 aromatic rings. The third-order valence-electron chi connectivity index (χ3n) is 2.80. The zero-order chi connectivity index (χ0) is 12.7. The van der Waals surface area contributed by atoms with Gasteiger partial charge in [-0.25, -0.2) is 9.59 Å². The zero-order valence-corrected chi connectivity index (χ0v) is 8.58. The highest BCUT2D eigenvalue weighted by Crippen LogP contribution is 2.30. The number of hydrogen-bond donors (Lipinski definition) is 3. The van der Waals surface area contributed by atoms with Crippen LogP contribution < -0.4 is 5.56 Å². The van der Waals surface area contributed by atoms with Gasteiger partial charge >= 0.3 is 11.9 Å². The number of aromatic hydroxyl groups is 1. The number of fused-ring (bicyclic) bond motifs is 1. The first kappa shape index (κ1) is 11.2. The van der Waals surface area contributed by atoms with Crippen molar-refractivity contribution in [1.29, 1.82) is 0 Å². The largest absolute Gasteiger partial charge is 0.507 e. The number of pyridine rings is 1. The summed E-state index contributed by atoms with van der Waals surface area (Å²) in [5.74, 6) is -3.19. The number of carboxylic acids is 2. The van der Waals surface area contributed by atoms with Crippen LogP contribution in [0, 0.1) is 0 Å². The van der Waals surface area contributed by atoms with Crippen LogP contribution in [0.5, 0.6) is 5.75 Å². The Balaban J connectivity index is 2.75. The van der Waals surface area contributed by atoms with Crippen LogP contribution in [0.2, 0.25) is 0 Å². The van der Waals surface area contributed by atoms with Gasteiger partial charge in [0.1, 0.15) is 17.4 Å². The first-order chi connectivity index (χ1) is 7.93. The van der Waals surface area contributed by atoms with Crippen molar-refractivity contribution in [3.8, 4) is 5.75 Å². The first-order valence-electron chi connectivity index (χ1n) is 4.87. The number of aliphatic carboxylic acids is 1. The van der Waals surface area contributed by atoms with E-state index >= 15 is 0 Å². The summed E-state index contributed by atoms with van der Waals surface area (Å²) < 4.78 is 0.922. The maximum atomic E-state index is 11.6. The predicted octanol–water partition coefficient (Wildman–Crippen LogP) is -0.176. The quantitative estimate of drug-likeness (QED) is 0.659. The molecule has 90 valence electrons. The average Bonchev–Trinajstić information content (AvgIpc) is 2.61. The van der Waals surface area contributed by atoms with Crippen molar-refractivity contribution in [2.24, 2.45) is 0 Å². The second kappa shape index (κ2) is 3.62. The summed E-state index contributed by atoms with van der Waals surface area (Å²) in [7, 11) is 0. The van der Waals surface area contributed by atoms with Gasteiger partial charge in [-0.1, -0.05) is 0 Å². The molecule has 2 heterocycles. The molecule has 2 rings (SSSR count). The molecular formula is C10H9NO6. The number of rotatable bonds is 2. The molecule has 7 nitrogen and oxygen atoms in total. The molecule has 1 aliphatic heterocycles. The summed E-state index contributed by atoms with van der Waals surface area (Å²) in [6.07, 6.45) is 0.288. The Morgan fingerprint density at radius 3 is 2.53 bits per heavy atom. The minimum Gasteiger partial charge on any atom is -0.507 e. The van der Waals surface area contributed by atoms with E-state index in [1.165, 1.54) is 0 Å². The summed E-state index contributed by atoms with van der Waals surface area (Å²) in [5, 5.41) is 27.2. The van der Waals surface area contributed by atoms with Gasteiger partial charge in [0.15, 0.2) is 0 Å². The molecule has 0 saturated carbocycles. The summed E-state index contributed by atoms with van der Waals surface area (Å²) >= 11 is 0. The molecule has 0 fully saturated rings. The molecule has 1 aromatic heterocycles. The number of aromatic carboxylic acids is 1. The highest BCUT2D eigenvalue weighted by atomic mass is 16.4. The van der Waals surface area contributed by atoms with Crippen molar-refractivity contribution < 1.29 is 24.9 Å². The number of nitrogens with zero attached hydrogens (tertiary/aromatic N) is 1. The lowest BCUT2D eigenvalue weighted by Crippen LogP contribution is -2.28. The van der Waals surface area contributed by atoms with Gasteiger partial charge in [0.25, 0.3) is 5.56 Å². The predicted molar refractivity (Wildman–Crippen MR) is 54.3 cm³/mol. The van der Waals surface area contributed by atoms with Crippen molar-refractivity contribution in [2.75, 3.05) is 0 Å². The molecule has 3 N–H and O–H groups in total. The van der Waals surface area contributed by atoms with Crippen molar-refractivity contribution in [3.05, 3.63) is 27.7 Å². The Bertz CT molecular complexity index is 573. The van der Waals surface area contributed by atoms with Crippen LogP contribution in [-0.4, -0.2) is 31.8 Å². The fraction of sp³-hybridized carbons (Fsp3) is 0.300. The van der Waals surface area contributed by atoms with Crippen LogP contribution in [-0.2, 0) is 11.2 Å². The maximum Gasteiger partial charge on any atom is 0.341 e. The summed E-state index contributed by atoms with van der Waals surface area (Å²) in [4.78, 5) is 33.4. The van der Waals surface area contributed by atoms with E-state index in [-0.39, 0.29) is 18.5 Å². The first-order valence-corrected chi connectivity index (χ1v) is 4.87.